The van der Waals surface area contributed by atoms with E-state index in [0.717, 1.165) is 5.92 Å². The molecule has 1 nitrogen and oxygen atoms in total. The Morgan fingerprint density at radius 1 is 1.00 bits per heavy atom. The highest BCUT2D eigenvalue weighted by atomic mass is 35.5. The third-order valence-corrected chi connectivity index (χ3v) is 4.40. The topological polar surface area (TPSA) is 12.0 Å². The zero-order chi connectivity index (χ0) is 11.5. The van der Waals surface area contributed by atoms with Crippen LogP contribution in [0.3, 0.4) is 0 Å². The second kappa shape index (κ2) is 6.58. The number of nitrogens with one attached hydrogen (secondary N) is 1. The smallest absolute Gasteiger partial charge is 0.00462 e. The SMILES string of the molecule is Cl.c1cc2c(cc1CC1CCNCC1)CCCC2. The fraction of sp³-hybridized carbons (Fsp3) is 0.625. The van der Waals surface area contributed by atoms with Crippen LogP contribution in [0.1, 0.15) is 42.4 Å². The Hall–Kier alpha value is -0.530. The predicted molar refractivity (Wildman–Crippen MR) is 79.6 cm³/mol. The fourth-order valence-electron chi connectivity index (χ4n) is 3.33. The molecule has 18 heavy (non-hydrogen) atoms. The third-order valence-electron chi connectivity index (χ3n) is 4.40. The molecule has 1 aliphatic heterocycles. The molecule has 1 saturated heterocycles. The zero-order valence-corrected chi connectivity index (χ0v) is 11.9. The maximum atomic E-state index is 3.45. The van der Waals surface area contributed by atoms with Crippen molar-refractivity contribution in [1.29, 1.82) is 0 Å². The summed E-state index contributed by atoms with van der Waals surface area (Å²) in [6.45, 7) is 2.44. The standard InChI is InChI=1S/C16H23N.ClH/c1-2-4-16-12-14(5-6-15(16)3-1)11-13-7-9-17-10-8-13;/h5-6,12-13,17H,1-4,7-11H2;1H. The molecule has 1 aliphatic carbocycles. The Bertz CT molecular complexity index is 383. The van der Waals surface area contributed by atoms with Crippen molar-refractivity contribution >= 4 is 12.4 Å². The maximum absolute atomic E-state index is 3.45. The number of rotatable bonds is 2. The van der Waals surface area contributed by atoms with Crippen LogP contribution in [-0.4, -0.2) is 13.1 Å². The molecule has 100 valence electrons. The van der Waals surface area contributed by atoms with Gasteiger partial charge < -0.3 is 5.32 Å². The van der Waals surface area contributed by atoms with Crippen LogP contribution in [0, 0.1) is 5.92 Å². The molecule has 0 atom stereocenters. The van der Waals surface area contributed by atoms with Gasteiger partial charge in [-0.15, -0.1) is 12.4 Å². The first-order valence-electron chi connectivity index (χ1n) is 7.23. The molecule has 1 aromatic carbocycles. The normalized spacial score (nSPS) is 20.0. The van der Waals surface area contributed by atoms with E-state index in [1.807, 2.05) is 0 Å². The van der Waals surface area contributed by atoms with Crippen LogP contribution in [0.25, 0.3) is 0 Å². The van der Waals surface area contributed by atoms with Gasteiger partial charge in [0, 0.05) is 0 Å². The molecule has 0 amide bonds. The quantitative estimate of drug-likeness (QED) is 0.863. The van der Waals surface area contributed by atoms with Gasteiger partial charge in [-0.05, 0) is 80.6 Å². The summed E-state index contributed by atoms with van der Waals surface area (Å²) in [6, 6.07) is 7.27. The van der Waals surface area contributed by atoms with E-state index in [9.17, 15) is 0 Å². The average molecular weight is 266 g/mol. The van der Waals surface area contributed by atoms with Crippen molar-refractivity contribution in [2.24, 2.45) is 5.92 Å². The molecule has 2 aliphatic rings. The van der Waals surface area contributed by atoms with Crippen LogP contribution in [0.2, 0.25) is 0 Å². The van der Waals surface area contributed by atoms with Gasteiger partial charge in [-0.25, -0.2) is 0 Å². The van der Waals surface area contributed by atoms with Gasteiger partial charge in [-0.3, -0.25) is 0 Å². The number of hydrogen-bond donors (Lipinski definition) is 1. The lowest BCUT2D eigenvalue weighted by Gasteiger charge is -2.23. The molecule has 0 unspecified atom stereocenters. The van der Waals surface area contributed by atoms with Gasteiger partial charge in [-0.2, -0.15) is 0 Å². The first kappa shape index (κ1) is 13.9. The van der Waals surface area contributed by atoms with E-state index in [1.165, 1.54) is 58.0 Å². The van der Waals surface area contributed by atoms with Crippen LogP contribution in [-0.2, 0) is 19.3 Å². The summed E-state index contributed by atoms with van der Waals surface area (Å²) < 4.78 is 0. The van der Waals surface area contributed by atoms with Crippen molar-refractivity contribution < 1.29 is 0 Å². The molecule has 3 rings (SSSR count). The minimum Gasteiger partial charge on any atom is -0.317 e. The molecular formula is C16H24ClN. The number of piperidine rings is 1. The van der Waals surface area contributed by atoms with Gasteiger partial charge in [0.2, 0.25) is 0 Å². The Kier molecular flexibility index (Phi) is 5.08. The summed E-state index contributed by atoms with van der Waals surface area (Å²) in [4.78, 5) is 0. The van der Waals surface area contributed by atoms with Crippen molar-refractivity contribution in [1.82, 2.24) is 5.32 Å². The van der Waals surface area contributed by atoms with Gasteiger partial charge in [0.25, 0.3) is 0 Å². The van der Waals surface area contributed by atoms with Crippen LogP contribution < -0.4 is 5.32 Å². The second-order valence-corrected chi connectivity index (χ2v) is 5.71. The highest BCUT2D eigenvalue weighted by Crippen LogP contribution is 2.25. The fourth-order valence-corrected chi connectivity index (χ4v) is 3.33. The van der Waals surface area contributed by atoms with Crippen molar-refractivity contribution in [3.63, 3.8) is 0 Å². The van der Waals surface area contributed by atoms with Gasteiger partial charge in [0.1, 0.15) is 0 Å². The minimum atomic E-state index is 0. The largest absolute Gasteiger partial charge is 0.317 e. The van der Waals surface area contributed by atoms with E-state index in [2.05, 4.69) is 23.5 Å². The van der Waals surface area contributed by atoms with Gasteiger partial charge in [0.05, 0.1) is 0 Å². The zero-order valence-electron chi connectivity index (χ0n) is 11.1. The van der Waals surface area contributed by atoms with Crippen LogP contribution >= 0.6 is 12.4 Å². The molecule has 0 radical (unpaired) electrons. The number of halogens is 1. The molecule has 0 aromatic heterocycles. The van der Waals surface area contributed by atoms with E-state index < -0.39 is 0 Å². The molecule has 1 fully saturated rings. The first-order chi connectivity index (χ1) is 8.42. The lowest BCUT2D eigenvalue weighted by atomic mass is 9.86. The monoisotopic (exact) mass is 265 g/mol. The molecule has 2 heteroatoms. The van der Waals surface area contributed by atoms with E-state index >= 15 is 0 Å². The molecule has 0 bridgehead atoms. The highest BCUT2D eigenvalue weighted by molar-refractivity contribution is 5.85. The summed E-state index contributed by atoms with van der Waals surface area (Å²) in [5.41, 5.74) is 4.84. The molecule has 1 heterocycles. The Balaban J connectivity index is 0.00000120. The first-order valence-corrected chi connectivity index (χ1v) is 7.23. The van der Waals surface area contributed by atoms with Crippen molar-refractivity contribution in [3.05, 3.63) is 34.9 Å². The van der Waals surface area contributed by atoms with Crippen molar-refractivity contribution in [3.8, 4) is 0 Å². The van der Waals surface area contributed by atoms with E-state index in [0.29, 0.717) is 0 Å². The molecule has 0 spiro atoms. The van der Waals surface area contributed by atoms with Gasteiger partial charge >= 0.3 is 0 Å². The summed E-state index contributed by atoms with van der Waals surface area (Å²) in [6.07, 6.45) is 9.42. The molecular weight excluding hydrogens is 242 g/mol. The highest BCUT2D eigenvalue weighted by Gasteiger charge is 2.15. The lowest BCUT2D eigenvalue weighted by Crippen LogP contribution is -2.28. The van der Waals surface area contributed by atoms with E-state index in [1.54, 1.807) is 16.7 Å². The number of hydrogen-bond acceptors (Lipinski definition) is 1. The number of benzene rings is 1. The third kappa shape index (κ3) is 3.27. The Labute approximate surface area is 117 Å². The Morgan fingerprint density at radius 3 is 2.50 bits per heavy atom. The molecule has 1 N–H and O–H groups in total. The van der Waals surface area contributed by atoms with Crippen LogP contribution in [0.4, 0.5) is 0 Å². The molecule has 0 saturated carbocycles. The Morgan fingerprint density at radius 2 is 1.72 bits per heavy atom. The summed E-state index contributed by atoms with van der Waals surface area (Å²) in [7, 11) is 0. The predicted octanol–water partition coefficient (Wildman–Crippen LogP) is 3.53. The van der Waals surface area contributed by atoms with Gasteiger partial charge in [0.15, 0.2) is 0 Å². The van der Waals surface area contributed by atoms with Crippen molar-refractivity contribution in [2.75, 3.05) is 13.1 Å². The summed E-state index contributed by atoms with van der Waals surface area (Å²) >= 11 is 0. The average Bonchev–Trinajstić information content (AvgIpc) is 2.40. The van der Waals surface area contributed by atoms with Crippen LogP contribution in [0.5, 0.6) is 0 Å². The van der Waals surface area contributed by atoms with E-state index in [-0.39, 0.29) is 12.4 Å². The van der Waals surface area contributed by atoms with E-state index in [4.69, 9.17) is 0 Å². The van der Waals surface area contributed by atoms with Crippen molar-refractivity contribution in [2.45, 2.75) is 44.9 Å². The summed E-state index contributed by atoms with van der Waals surface area (Å²) in [5, 5.41) is 3.45. The second-order valence-electron chi connectivity index (χ2n) is 5.71. The van der Waals surface area contributed by atoms with Crippen LogP contribution in [0.15, 0.2) is 18.2 Å². The minimum absolute atomic E-state index is 0. The lowest BCUT2D eigenvalue weighted by molar-refractivity contribution is 0.372. The maximum Gasteiger partial charge on any atom is -0.00462 e. The molecule has 1 aromatic rings. The summed E-state index contributed by atoms with van der Waals surface area (Å²) in [5.74, 6) is 0.915. The van der Waals surface area contributed by atoms with Gasteiger partial charge in [-0.1, -0.05) is 18.2 Å². The number of aryl methyl sites for hydroxylation is 2. The number of fused-ring (bicyclic) bond motifs is 1.